The third-order valence-corrected chi connectivity index (χ3v) is 5.83. The number of barbiturate groups is 1. The molecule has 0 spiro atoms. The number of imide groups is 2. The number of rotatable bonds is 5. The molecule has 1 aliphatic heterocycles. The van der Waals surface area contributed by atoms with E-state index in [0.29, 0.717) is 11.3 Å². The van der Waals surface area contributed by atoms with Crippen LogP contribution >= 0.6 is 39.1 Å². The molecule has 0 aliphatic carbocycles. The van der Waals surface area contributed by atoms with E-state index < -0.39 is 17.8 Å². The van der Waals surface area contributed by atoms with E-state index in [1.165, 1.54) is 18.2 Å². The number of carbonyl (C=O) groups excluding carboxylic acids is 3. The predicted octanol–water partition coefficient (Wildman–Crippen LogP) is 6.00. The molecule has 0 bridgehead atoms. The fourth-order valence-electron chi connectivity index (χ4n) is 3.17. The zero-order chi connectivity index (χ0) is 23.5. The van der Waals surface area contributed by atoms with Crippen molar-refractivity contribution in [1.29, 1.82) is 0 Å². The van der Waals surface area contributed by atoms with E-state index >= 15 is 0 Å². The van der Waals surface area contributed by atoms with Gasteiger partial charge in [-0.05, 0) is 53.6 Å². The van der Waals surface area contributed by atoms with Crippen LogP contribution in [0.2, 0.25) is 10.0 Å². The van der Waals surface area contributed by atoms with E-state index in [0.717, 1.165) is 14.9 Å². The van der Waals surface area contributed by atoms with Crippen molar-refractivity contribution in [2.24, 2.45) is 0 Å². The van der Waals surface area contributed by atoms with E-state index in [4.69, 9.17) is 27.9 Å². The van der Waals surface area contributed by atoms with Crippen LogP contribution in [0.3, 0.4) is 0 Å². The molecule has 1 aliphatic rings. The highest BCUT2D eigenvalue weighted by Crippen LogP contribution is 2.36. The maximum absolute atomic E-state index is 13.0. The second-order valence-electron chi connectivity index (χ2n) is 7.02. The lowest BCUT2D eigenvalue weighted by atomic mass is 10.1. The average molecular weight is 546 g/mol. The van der Waals surface area contributed by atoms with Gasteiger partial charge in [0.05, 0.1) is 15.7 Å². The van der Waals surface area contributed by atoms with Crippen LogP contribution in [-0.4, -0.2) is 17.8 Å². The predicted molar refractivity (Wildman–Crippen MR) is 130 cm³/mol. The zero-order valence-corrected chi connectivity index (χ0v) is 19.9. The molecule has 0 unspecified atom stereocenters. The fraction of sp³-hybridized carbons (Fsp3) is 0.0417. The summed E-state index contributed by atoms with van der Waals surface area (Å²) in [5.74, 6) is -1.28. The minimum absolute atomic E-state index is 0.214. The van der Waals surface area contributed by atoms with Crippen molar-refractivity contribution in [3.63, 3.8) is 0 Å². The standard InChI is InChI=1S/C24H15BrCl2N2O4/c25-16-8-6-14(7-9-16)13-33-21-19(26)11-15(12-20(21)27)10-18-22(30)28-24(32)29(23(18)31)17-4-2-1-3-5-17/h1-12H,13H2,(H,28,30,32)/b18-10+. The minimum Gasteiger partial charge on any atom is -0.486 e. The van der Waals surface area contributed by atoms with Gasteiger partial charge < -0.3 is 4.74 Å². The lowest BCUT2D eigenvalue weighted by Gasteiger charge is -2.26. The van der Waals surface area contributed by atoms with Gasteiger partial charge in [0.15, 0.2) is 5.75 Å². The highest BCUT2D eigenvalue weighted by atomic mass is 79.9. The van der Waals surface area contributed by atoms with Gasteiger partial charge in [0.2, 0.25) is 0 Å². The summed E-state index contributed by atoms with van der Waals surface area (Å²) in [4.78, 5) is 38.5. The summed E-state index contributed by atoms with van der Waals surface area (Å²) < 4.78 is 6.72. The molecule has 0 atom stereocenters. The molecule has 1 N–H and O–H groups in total. The molecule has 1 saturated heterocycles. The van der Waals surface area contributed by atoms with Crippen LogP contribution in [0.5, 0.6) is 5.75 Å². The minimum atomic E-state index is -0.818. The Labute approximate surface area is 207 Å². The molecular weight excluding hydrogens is 531 g/mol. The van der Waals surface area contributed by atoms with E-state index in [9.17, 15) is 14.4 Å². The molecule has 0 radical (unpaired) electrons. The summed E-state index contributed by atoms with van der Waals surface area (Å²) in [7, 11) is 0. The van der Waals surface area contributed by atoms with E-state index in [1.54, 1.807) is 30.3 Å². The van der Waals surface area contributed by atoms with Gasteiger partial charge >= 0.3 is 6.03 Å². The molecular formula is C24H15BrCl2N2O4. The first-order chi connectivity index (χ1) is 15.8. The Morgan fingerprint density at radius 2 is 1.58 bits per heavy atom. The summed E-state index contributed by atoms with van der Waals surface area (Å²) in [5, 5.41) is 2.60. The Kier molecular flexibility index (Phi) is 6.83. The molecule has 9 heteroatoms. The quantitative estimate of drug-likeness (QED) is 0.315. The molecule has 1 heterocycles. The van der Waals surface area contributed by atoms with Crippen LogP contribution in [0.25, 0.3) is 6.08 Å². The van der Waals surface area contributed by atoms with Gasteiger partial charge in [-0.2, -0.15) is 0 Å². The second-order valence-corrected chi connectivity index (χ2v) is 8.75. The average Bonchev–Trinajstić information content (AvgIpc) is 2.78. The van der Waals surface area contributed by atoms with Crippen molar-refractivity contribution >= 4 is 68.7 Å². The lowest BCUT2D eigenvalue weighted by molar-refractivity contribution is -0.122. The maximum Gasteiger partial charge on any atom is 0.335 e. The number of amides is 4. The molecule has 6 nitrogen and oxygen atoms in total. The Morgan fingerprint density at radius 1 is 0.939 bits per heavy atom. The van der Waals surface area contributed by atoms with Crippen molar-refractivity contribution in [3.8, 4) is 5.75 Å². The van der Waals surface area contributed by atoms with Crippen LogP contribution in [-0.2, 0) is 16.2 Å². The van der Waals surface area contributed by atoms with E-state index in [1.807, 2.05) is 24.3 Å². The molecule has 33 heavy (non-hydrogen) atoms. The Morgan fingerprint density at radius 3 is 2.21 bits per heavy atom. The third kappa shape index (κ3) is 5.11. The number of nitrogens with one attached hydrogen (secondary N) is 1. The summed E-state index contributed by atoms with van der Waals surface area (Å²) >= 11 is 16.1. The summed E-state index contributed by atoms with van der Waals surface area (Å²) in [6.45, 7) is 0.252. The number of para-hydroxylation sites is 1. The van der Waals surface area contributed by atoms with Gasteiger partial charge in [-0.15, -0.1) is 0 Å². The summed E-state index contributed by atoms with van der Waals surface area (Å²) in [6, 6.07) is 18.1. The SMILES string of the molecule is O=C1NC(=O)N(c2ccccc2)C(=O)/C1=C/c1cc(Cl)c(OCc2ccc(Br)cc2)c(Cl)c1. The lowest BCUT2D eigenvalue weighted by Crippen LogP contribution is -2.54. The van der Waals surface area contributed by atoms with Crippen molar-refractivity contribution in [1.82, 2.24) is 5.32 Å². The van der Waals surface area contributed by atoms with Crippen LogP contribution in [0.1, 0.15) is 11.1 Å². The molecule has 4 amide bonds. The van der Waals surface area contributed by atoms with Crippen molar-refractivity contribution < 1.29 is 19.1 Å². The number of anilines is 1. The molecule has 3 aromatic carbocycles. The summed E-state index contributed by atoms with van der Waals surface area (Å²) in [6.07, 6.45) is 1.33. The van der Waals surface area contributed by atoms with Crippen LogP contribution in [0, 0.1) is 0 Å². The number of urea groups is 1. The number of carbonyl (C=O) groups is 3. The molecule has 1 fully saturated rings. The normalized spacial score (nSPS) is 15.1. The topological polar surface area (TPSA) is 75.7 Å². The third-order valence-electron chi connectivity index (χ3n) is 4.74. The van der Waals surface area contributed by atoms with Gasteiger partial charge in [-0.25, -0.2) is 9.69 Å². The molecule has 4 rings (SSSR count). The van der Waals surface area contributed by atoms with Gasteiger partial charge in [-0.3, -0.25) is 14.9 Å². The smallest absolute Gasteiger partial charge is 0.335 e. The van der Waals surface area contributed by atoms with E-state index in [2.05, 4.69) is 21.2 Å². The van der Waals surface area contributed by atoms with Gasteiger partial charge in [-0.1, -0.05) is 69.5 Å². The van der Waals surface area contributed by atoms with Crippen LogP contribution in [0.15, 0.2) is 76.8 Å². The fourth-order valence-corrected chi connectivity index (χ4v) is 4.05. The molecule has 0 saturated carbocycles. The van der Waals surface area contributed by atoms with Crippen LogP contribution < -0.4 is 15.0 Å². The highest BCUT2D eigenvalue weighted by Gasteiger charge is 2.36. The Hall–Kier alpha value is -3.13. The zero-order valence-electron chi connectivity index (χ0n) is 16.8. The monoisotopic (exact) mass is 544 g/mol. The first-order valence-corrected chi connectivity index (χ1v) is 11.2. The Balaban J connectivity index is 1.60. The second kappa shape index (κ2) is 9.79. The maximum atomic E-state index is 13.0. The Bertz CT molecular complexity index is 1250. The van der Waals surface area contributed by atoms with Crippen LogP contribution in [0.4, 0.5) is 10.5 Å². The largest absolute Gasteiger partial charge is 0.486 e. The number of ether oxygens (including phenoxy) is 1. The van der Waals surface area contributed by atoms with E-state index in [-0.39, 0.29) is 28.0 Å². The first-order valence-electron chi connectivity index (χ1n) is 9.66. The van der Waals surface area contributed by atoms with Crippen molar-refractivity contribution in [2.75, 3.05) is 4.90 Å². The number of nitrogens with zero attached hydrogens (tertiary/aromatic N) is 1. The number of halogens is 3. The number of hydrogen-bond acceptors (Lipinski definition) is 4. The highest BCUT2D eigenvalue weighted by molar-refractivity contribution is 9.10. The number of benzene rings is 3. The molecule has 0 aromatic heterocycles. The van der Waals surface area contributed by atoms with Crippen molar-refractivity contribution in [2.45, 2.75) is 6.61 Å². The molecule has 3 aromatic rings. The number of hydrogen-bond donors (Lipinski definition) is 1. The van der Waals surface area contributed by atoms with Gasteiger partial charge in [0.1, 0.15) is 12.2 Å². The first kappa shape index (κ1) is 23.0. The van der Waals surface area contributed by atoms with Gasteiger partial charge in [0.25, 0.3) is 11.8 Å². The van der Waals surface area contributed by atoms with Crippen molar-refractivity contribution in [3.05, 3.63) is 97.9 Å². The summed E-state index contributed by atoms with van der Waals surface area (Å²) in [5.41, 5.74) is 1.44. The van der Waals surface area contributed by atoms with Gasteiger partial charge in [0, 0.05) is 4.47 Å². The molecule has 166 valence electrons.